The molecule has 0 bridgehead atoms. The van der Waals surface area contributed by atoms with Gasteiger partial charge in [-0.2, -0.15) is 0 Å². The third-order valence-corrected chi connectivity index (χ3v) is 4.14. The Morgan fingerprint density at radius 2 is 1.80 bits per heavy atom. The summed E-state index contributed by atoms with van der Waals surface area (Å²) < 4.78 is 0. The lowest BCUT2D eigenvalue weighted by atomic mass is 9.86. The highest BCUT2D eigenvalue weighted by molar-refractivity contribution is 5.92. The SMILES string of the molecule is Cc1cc(C)cc(NC(=O)CNC2CCCCC2C)c1. The van der Waals surface area contributed by atoms with Gasteiger partial charge in [-0.3, -0.25) is 4.79 Å². The van der Waals surface area contributed by atoms with E-state index in [9.17, 15) is 4.79 Å². The Balaban J connectivity index is 1.83. The molecule has 1 aromatic carbocycles. The molecule has 0 radical (unpaired) electrons. The standard InChI is InChI=1S/C17H26N2O/c1-12-8-13(2)10-15(9-12)19-17(20)11-18-16-7-5-4-6-14(16)3/h8-10,14,16,18H,4-7,11H2,1-3H3,(H,19,20). The Kier molecular flexibility index (Phi) is 5.18. The van der Waals surface area contributed by atoms with Crippen molar-refractivity contribution >= 4 is 11.6 Å². The lowest BCUT2D eigenvalue weighted by molar-refractivity contribution is -0.115. The maximum atomic E-state index is 12.0. The second-order valence-electron chi connectivity index (χ2n) is 6.17. The van der Waals surface area contributed by atoms with E-state index < -0.39 is 0 Å². The van der Waals surface area contributed by atoms with Gasteiger partial charge in [-0.15, -0.1) is 0 Å². The van der Waals surface area contributed by atoms with Crippen LogP contribution in [0.2, 0.25) is 0 Å². The largest absolute Gasteiger partial charge is 0.325 e. The van der Waals surface area contributed by atoms with E-state index in [1.807, 2.05) is 26.0 Å². The summed E-state index contributed by atoms with van der Waals surface area (Å²) in [5.41, 5.74) is 3.24. The third kappa shape index (κ3) is 4.34. The van der Waals surface area contributed by atoms with Gasteiger partial charge in [-0.05, 0) is 55.9 Å². The number of anilines is 1. The molecule has 1 aromatic rings. The zero-order chi connectivity index (χ0) is 14.5. The summed E-state index contributed by atoms with van der Waals surface area (Å²) in [7, 11) is 0. The number of hydrogen-bond acceptors (Lipinski definition) is 2. The molecule has 2 atom stereocenters. The van der Waals surface area contributed by atoms with Crippen LogP contribution in [0.3, 0.4) is 0 Å². The van der Waals surface area contributed by atoms with Crippen molar-refractivity contribution in [3.63, 3.8) is 0 Å². The fourth-order valence-corrected chi connectivity index (χ4v) is 3.10. The van der Waals surface area contributed by atoms with Crippen LogP contribution in [0.25, 0.3) is 0 Å². The number of carbonyl (C=O) groups excluding carboxylic acids is 1. The highest BCUT2D eigenvalue weighted by Crippen LogP contribution is 2.23. The number of benzene rings is 1. The first-order chi connectivity index (χ1) is 9.54. The Morgan fingerprint density at radius 3 is 2.45 bits per heavy atom. The van der Waals surface area contributed by atoms with Crippen molar-refractivity contribution in [3.05, 3.63) is 29.3 Å². The summed E-state index contributed by atoms with van der Waals surface area (Å²) in [6.45, 7) is 6.77. The Labute approximate surface area is 122 Å². The first kappa shape index (κ1) is 15.0. The average Bonchev–Trinajstić information content (AvgIpc) is 2.36. The van der Waals surface area contributed by atoms with Gasteiger partial charge in [0, 0.05) is 11.7 Å². The van der Waals surface area contributed by atoms with Gasteiger partial charge in [0.2, 0.25) is 5.91 Å². The van der Waals surface area contributed by atoms with Gasteiger partial charge in [0.1, 0.15) is 0 Å². The minimum atomic E-state index is 0.0489. The van der Waals surface area contributed by atoms with Gasteiger partial charge in [-0.25, -0.2) is 0 Å². The molecule has 1 fully saturated rings. The van der Waals surface area contributed by atoms with Crippen LogP contribution in [0.15, 0.2) is 18.2 Å². The van der Waals surface area contributed by atoms with Crippen LogP contribution < -0.4 is 10.6 Å². The highest BCUT2D eigenvalue weighted by atomic mass is 16.1. The molecule has 3 heteroatoms. The second-order valence-corrected chi connectivity index (χ2v) is 6.17. The molecule has 1 aliphatic rings. The lowest BCUT2D eigenvalue weighted by Crippen LogP contribution is -2.41. The third-order valence-electron chi connectivity index (χ3n) is 4.14. The minimum Gasteiger partial charge on any atom is -0.325 e. The van der Waals surface area contributed by atoms with Crippen molar-refractivity contribution in [1.82, 2.24) is 5.32 Å². The number of nitrogens with one attached hydrogen (secondary N) is 2. The Hall–Kier alpha value is -1.35. The van der Waals surface area contributed by atoms with E-state index in [-0.39, 0.29) is 5.91 Å². The maximum Gasteiger partial charge on any atom is 0.238 e. The number of amides is 1. The molecule has 0 saturated heterocycles. The van der Waals surface area contributed by atoms with E-state index in [0.29, 0.717) is 18.5 Å². The molecule has 110 valence electrons. The summed E-state index contributed by atoms with van der Waals surface area (Å²) >= 11 is 0. The van der Waals surface area contributed by atoms with Crippen LogP contribution >= 0.6 is 0 Å². The number of aryl methyl sites for hydroxylation is 2. The van der Waals surface area contributed by atoms with Gasteiger partial charge < -0.3 is 10.6 Å². The molecule has 0 spiro atoms. The maximum absolute atomic E-state index is 12.0. The van der Waals surface area contributed by atoms with Gasteiger partial charge in [-0.1, -0.05) is 25.8 Å². The minimum absolute atomic E-state index is 0.0489. The van der Waals surface area contributed by atoms with Crippen molar-refractivity contribution in [3.8, 4) is 0 Å². The van der Waals surface area contributed by atoms with Gasteiger partial charge >= 0.3 is 0 Å². The first-order valence-corrected chi connectivity index (χ1v) is 7.66. The molecule has 1 saturated carbocycles. The summed E-state index contributed by atoms with van der Waals surface area (Å²) in [6, 6.07) is 6.62. The van der Waals surface area contributed by atoms with Crippen molar-refractivity contribution in [2.24, 2.45) is 5.92 Å². The zero-order valence-corrected chi connectivity index (χ0v) is 12.8. The van der Waals surface area contributed by atoms with Crippen molar-refractivity contribution < 1.29 is 4.79 Å². The molecule has 20 heavy (non-hydrogen) atoms. The molecule has 2 N–H and O–H groups in total. The molecule has 0 aliphatic heterocycles. The molecule has 0 aromatic heterocycles. The van der Waals surface area contributed by atoms with E-state index >= 15 is 0 Å². The fraction of sp³-hybridized carbons (Fsp3) is 0.588. The molecule has 0 heterocycles. The normalized spacial score (nSPS) is 22.6. The Morgan fingerprint density at radius 1 is 1.15 bits per heavy atom. The van der Waals surface area contributed by atoms with E-state index in [0.717, 1.165) is 5.69 Å². The van der Waals surface area contributed by atoms with Crippen LogP contribution in [0.5, 0.6) is 0 Å². The van der Waals surface area contributed by atoms with Crippen LogP contribution in [0, 0.1) is 19.8 Å². The lowest BCUT2D eigenvalue weighted by Gasteiger charge is -2.29. The summed E-state index contributed by atoms with van der Waals surface area (Å²) in [5, 5.41) is 6.39. The summed E-state index contributed by atoms with van der Waals surface area (Å²) in [6.07, 6.45) is 5.07. The van der Waals surface area contributed by atoms with E-state index in [1.165, 1.54) is 36.8 Å². The average molecular weight is 274 g/mol. The van der Waals surface area contributed by atoms with Crippen LogP contribution in [0.4, 0.5) is 5.69 Å². The van der Waals surface area contributed by atoms with Gasteiger partial charge in [0.25, 0.3) is 0 Å². The van der Waals surface area contributed by atoms with Gasteiger partial charge in [0.05, 0.1) is 6.54 Å². The molecule has 2 rings (SSSR count). The number of rotatable bonds is 4. The van der Waals surface area contributed by atoms with Crippen LogP contribution in [0.1, 0.15) is 43.7 Å². The first-order valence-electron chi connectivity index (χ1n) is 7.66. The monoisotopic (exact) mass is 274 g/mol. The van der Waals surface area contributed by atoms with Crippen LogP contribution in [-0.4, -0.2) is 18.5 Å². The fourth-order valence-electron chi connectivity index (χ4n) is 3.10. The Bertz CT molecular complexity index is 450. The van der Waals surface area contributed by atoms with E-state index in [2.05, 4.69) is 23.6 Å². The molecular weight excluding hydrogens is 248 g/mol. The van der Waals surface area contributed by atoms with Crippen molar-refractivity contribution in [1.29, 1.82) is 0 Å². The second kappa shape index (κ2) is 6.89. The zero-order valence-electron chi connectivity index (χ0n) is 12.8. The molecular formula is C17H26N2O. The molecule has 1 aliphatic carbocycles. The topological polar surface area (TPSA) is 41.1 Å². The van der Waals surface area contributed by atoms with Crippen molar-refractivity contribution in [2.75, 3.05) is 11.9 Å². The quantitative estimate of drug-likeness (QED) is 0.883. The van der Waals surface area contributed by atoms with Crippen molar-refractivity contribution in [2.45, 2.75) is 52.5 Å². The van der Waals surface area contributed by atoms with E-state index in [4.69, 9.17) is 0 Å². The number of hydrogen-bond donors (Lipinski definition) is 2. The highest BCUT2D eigenvalue weighted by Gasteiger charge is 2.21. The number of carbonyl (C=O) groups is 1. The van der Waals surface area contributed by atoms with Gasteiger partial charge in [0.15, 0.2) is 0 Å². The summed E-state index contributed by atoms with van der Waals surface area (Å²) in [4.78, 5) is 12.0. The van der Waals surface area contributed by atoms with Crippen LogP contribution in [-0.2, 0) is 4.79 Å². The molecule has 1 amide bonds. The molecule has 3 nitrogen and oxygen atoms in total. The molecule has 2 unspecified atom stereocenters. The smallest absolute Gasteiger partial charge is 0.238 e. The van der Waals surface area contributed by atoms with E-state index in [1.54, 1.807) is 0 Å². The predicted octanol–water partition coefficient (Wildman–Crippen LogP) is 3.41. The summed E-state index contributed by atoms with van der Waals surface area (Å²) in [5.74, 6) is 0.727. The predicted molar refractivity (Wildman–Crippen MR) is 84.0 cm³/mol.